The molecule has 1 aromatic rings. The molecule has 0 bridgehead atoms. The van der Waals surface area contributed by atoms with Crippen molar-refractivity contribution >= 4 is 12.1 Å². The fourth-order valence-corrected chi connectivity index (χ4v) is 4.62. The van der Waals surface area contributed by atoms with E-state index in [2.05, 4.69) is 5.32 Å². The lowest BCUT2D eigenvalue weighted by atomic mass is 10.0. The summed E-state index contributed by atoms with van der Waals surface area (Å²) in [6.07, 6.45) is -3.66. The Bertz CT molecular complexity index is 919. The summed E-state index contributed by atoms with van der Waals surface area (Å²) >= 11 is 0. The van der Waals surface area contributed by atoms with Gasteiger partial charge in [-0.1, -0.05) is 44.2 Å². The number of alkyl carbamates (subject to hydrolysis) is 1. The maximum atomic E-state index is 13.4. The number of fused-ring (bicyclic) bond motifs is 1. The van der Waals surface area contributed by atoms with Gasteiger partial charge in [-0.15, -0.1) is 0 Å². The number of hydrogen-bond donors (Lipinski definition) is 1. The zero-order valence-electron chi connectivity index (χ0n) is 21.7. The lowest BCUT2D eigenvalue weighted by Gasteiger charge is -2.30. The highest BCUT2D eigenvalue weighted by molar-refractivity contribution is 5.81. The normalized spacial score (nSPS) is 31.1. The summed E-state index contributed by atoms with van der Waals surface area (Å²) in [5.41, 5.74) is 0.843. The minimum atomic E-state index is -0.916. The predicted octanol–water partition coefficient (Wildman–Crippen LogP) is 3.27. The summed E-state index contributed by atoms with van der Waals surface area (Å²) in [5.74, 6) is -2.18. The molecule has 3 saturated heterocycles. The van der Waals surface area contributed by atoms with Crippen LogP contribution < -0.4 is 5.32 Å². The van der Waals surface area contributed by atoms with Crippen molar-refractivity contribution in [2.45, 2.75) is 103 Å². The first-order chi connectivity index (χ1) is 16.9. The molecule has 0 spiro atoms. The Hall–Kier alpha value is -2.24. The molecule has 10 nitrogen and oxygen atoms in total. The third-order valence-corrected chi connectivity index (χ3v) is 6.17. The van der Waals surface area contributed by atoms with E-state index in [-0.39, 0.29) is 19.1 Å². The van der Waals surface area contributed by atoms with E-state index in [0.29, 0.717) is 6.42 Å². The van der Waals surface area contributed by atoms with E-state index in [1.54, 1.807) is 13.8 Å². The molecule has 0 aromatic heterocycles. The summed E-state index contributed by atoms with van der Waals surface area (Å²) in [5, 5.41) is 2.66. The van der Waals surface area contributed by atoms with Crippen molar-refractivity contribution in [3.05, 3.63) is 35.9 Å². The molecule has 1 amide bonds. The predicted molar refractivity (Wildman–Crippen MR) is 126 cm³/mol. The highest BCUT2D eigenvalue weighted by atomic mass is 16.8. The van der Waals surface area contributed by atoms with Gasteiger partial charge in [0, 0.05) is 0 Å². The second kappa shape index (κ2) is 10.6. The van der Waals surface area contributed by atoms with Crippen LogP contribution in [0.3, 0.4) is 0 Å². The number of amides is 1. The highest BCUT2D eigenvalue weighted by Crippen LogP contribution is 2.42. The molecular weight excluding hydrogens is 470 g/mol. The number of nitrogens with one attached hydrogen (secondary N) is 1. The van der Waals surface area contributed by atoms with Gasteiger partial charge >= 0.3 is 12.1 Å². The van der Waals surface area contributed by atoms with Crippen molar-refractivity contribution in [3.63, 3.8) is 0 Å². The second-order valence-electron chi connectivity index (χ2n) is 10.7. The lowest BCUT2D eigenvalue weighted by Crippen LogP contribution is -2.49. The number of benzene rings is 1. The van der Waals surface area contributed by atoms with Gasteiger partial charge in [0.15, 0.2) is 30.1 Å². The molecule has 3 fully saturated rings. The summed E-state index contributed by atoms with van der Waals surface area (Å²) in [7, 11) is 0. The maximum Gasteiger partial charge on any atom is 0.408 e. The molecule has 1 aromatic carbocycles. The monoisotopic (exact) mass is 507 g/mol. The van der Waals surface area contributed by atoms with Crippen LogP contribution in [0, 0.1) is 5.92 Å². The molecule has 3 heterocycles. The van der Waals surface area contributed by atoms with Gasteiger partial charge in [0.05, 0.1) is 6.61 Å². The van der Waals surface area contributed by atoms with Crippen LogP contribution >= 0.6 is 0 Å². The van der Waals surface area contributed by atoms with Crippen LogP contribution in [0.2, 0.25) is 0 Å². The van der Waals surface area contributed by atoms with E-state index in [1.807, 2.05) is 58.0 Å². The Morgan fingerprint density at radius 1 is 1.03 bits per heavy atom. The minimum Gasteiger partial charge on any atom is -0.455 e. The Balaban J connectivity index is 1.44. The topological polar surface area (TPSA) is 111 Å². The number of ether oxygens (including phenoxy) is 7. The quantitative estimate of drug-likeness (QED) is 0.530. The molecule has 1 N–H and O–H groups in total. The van der Waals surface area contributed by atoms with E-state index in [1.165, 1.54) is 0 Å². The van der Waals surface area contributed by atoms with Gasteiger partial charge in [-0.2, -0.15) is 0 Å². The molecule has 3 aliphatic heterocycles. The summed E-state index contributed by atoms with van der Waals surface area (Å²) < 4.78 is 41.0. The largest absolute Gasteiger partial charge is 0.455 e. The maximum absolute atomic E-state index is 13.4. The van der Waals surface area contributed by atoms with Gasteiger partial charge in [-0.25, -0.2) is 9.59 Å². The smallest absolute Gasteiger partial charge is 0.408 e. The van der Waals surface area contributed by atoms with Gasteiger partial charge in [-0.3, -0.25) is 0 Å². The van der Waals surface area contributed by atoms with Crippen LogP contribution in [0.25, 0.3) is 0 Å². The fourth-order valence-electron chi connectivity index (χ4n) is 4.62. The first kappa shape index (κ1) is 26.8. The average Bonchev–Trinajstić information content (AvgIpc) is 3.41. The van der Waals surface area contributed by atoms with Crippen LogP contribution in [0.15, 0.2) is 30.3 Å². The van der Waals surface area contributed by atoms with Crippen LogP contribution in [-0.4, -0.2) is 67.0 Å². The lowest BCUT2D eigenvalue weighted by molar-refractivity contribution is -0.235. The van der Waals surface area contributed by atoms with E-state index < -0.39 is 60.4 Å². The van der Waals surface area contributed by atoms with Crippen LogP contribution in [0.4, 0.5) is 4.79 Å². The third kappa shape index (κ3) is 6.54. The SMILES string of the molecule is CC(C)C[C@H](NC(=O)OCc1ccccc1)C(=O)O[C@@H]1[C@H]2OC(C)(C)O[C@H]2O[C@@H]1[C@H]1COC(C)(C)O1. The van der Waals surface area contributed by atoms with Crippen molar-refractivity contribution in [2.24, 2.45) is 5.92 Å². The number of rotatable bonds is 8. The standard InChI is InChI=1S/C26H37NO9/c1-15(2)12-17(27-24(29)30-13-16-10-8-7-9-11-16)22(28)32-20-19(18-14-31-25(3,4)34-18)33-23-21(20)35-26(5,6)36-23/h7-11,15,17-21,23H,12-14H2,1-6H3,(H,27,29)/t17-,18+,19+,20-,21+,23+/m0/s1. The number of hydrogen-bond acceptors (Lipinski definition) is 9. The van der Waals surface area contributed by atoms with Crippen molar-refractivity contribution < 1.29 is 42.7 Å². The Kier molecular flexibility index (Phi) is 7.92. The van der Waals surface area contributed by atoms with Gasteiger partial charge in [0.2, 0.25) is 0 Å². The van der Waals surface area contributed by atoms with Gasteiger partial charge < -0.3 is 38.5 Å². The van der Waals surface area contributed by atoms with Crippen molar-refractivity contribution in [2.75, 3.05) is 6.61 Å². The van der Waals surface area contributed by atoms with Gasteiger partial charge in [0.25, 0.3) is 0 Å². The Labute approximate surface area is 211 Å². The summed E-state index contributed by atoms with van der Waals surface area (Å²) in [6, 6.07) is 8.39. The van der Waals surface area contributed by atoms with Gasteiger partial charge in [-0.05, 0) is 45.6 Å². The molecule has 36 heavy (non-hydrogen) atoms. The van der Waals surface area contributed by atoms with Crippen LogP contribution in [0.1, 0.15) is 53.5 Å². The van der Waals surface area contributed by atoms with E-state index in [9.17, 15) is 9.59 Å². The summed E-state index contributed by atoms with van der Waals surface area (Å²) in [4.78, 5) is 25.9. The first-order valence-corrected chi connectivity index (χ1v) is 12.4. The third-order valence-electron chi connectivity index (χ3n) is 6.17. The Morgan fingerprint density at radius 3 is 2.39 bits per heavy atom. The first-order valence-electron chi connectivity index (χ1n) is 12.4. The molecular formula is C26H37NO9. The molecule has 0 radical (unpaired) electrons. The summed E-state index contributed by atoms with van der Waals surface area (Å²) in [6.45, 7) is 11.4. The van der Waals surface area contributed by atoms with E-state index >= 15 is 0 Å². The fraction of sp³-hybridized carbons (Fsp3) is 0.692. The number of carbonyl (C=O) groups is 2. The minimum absolute atomic E-state index is 0.0908. The van der Waals surface area contributed by atoms with Crippen molar-refractivity contribution in [1.82, 2.24) is 5.32 Å². The number of carbonyl (C=O) groups excluding carboxylic acids is 2. The number of esters is 1. The molecule has 3 aliphatic rings. The van der Waals surface area contributed by atoms with E-state index in [4.69, 9.17) is 33.2 Å². The molecule has 10 heteroatoms. The second-order valence-corrected chi connectivity index (χ2v) is 10.7. The molecule has 200 valence electrons. The van der Waals surface area contributed by atoms with Crippen LogP contribution in [-0.2, 0) is 44.6 Å². The zero-order valence-corrected chi connectivity index (χ0v) is 21.7. The molecule has 0 unspecified atom stereocenters. The molecule has 0 saturated carbocycles. The zero-order chi connectivity index (χ0) is 26.1. The van der Waals surface area contributed by atoms with Crippen molar-refractivity contribution in [1.29, 1.82) is 0 Å². The van der Waals surface area contributed by atoms with Gasteiger partial charge in [0.1, 0.15) is 24.9 Å². The van der Waals surface area contributed by atoms with E-state index in [0.717, 1.165) is 5.56 Å². The molecule has 6 atom stereocenters. The van der Waals surface area contributed by atoms with Crippen molar-refractivity contribution in [3.8, 4) is 0 Å². The van der Waals surface area contributed by atoms with Crippen LogP contribution in [0.5, 0.6) is 0 Å². The molecule has 0 aliphatic carbocycles. The molecule has 4 rings (SSSR count). The highest BCUT2D eigenvalue weighted by Gasteiger charge is 2.60. The Morgan fingerprint density at radius 2 is 1.75 bits per heavy atom. The average molecular weight is 508 g/mol.